The number of halogens is 3. The standard InChI is InChI=1S/C17H11Br3N2O2S/c1-24-15-12(6-11(19)7-13(15)20)16(23)22-17-21-14(8-25-17)9-2-4-10(18)5-3-9/h2-8H,1H3,(H,21,22,23). The number of nitrogens with zero attached hydrogens (tertiary/aromatic N) is 1. The third-order valence-corrected chi connectivity index (χ3v) is 5.66. The molecule has 1 heterocycles. The predicted molar refractivity (Wildman–Crippen MR) is 112 cm³/mol. The molecule has 128 valence electrons. The molecule has 0 spiro atoms. The van der Waals surface area contributed by atoms with Crippen molar-refractivity contribution in [1.82, 2.24) is 4.98 Å². The molecule has 0 saturated heterocycles. The van der Waals surface area contributed by atoms with Crippen LogP contribution in [0.3, 0.4) is 0 Å². The van der Waals surface area contributed by atoms with Crippen LogP contribution >= 0.6 is 59.1 Å². The van der Waals surface area contributed by atoms with Gasteiger partial charge in [-0.3, -0.25) is 10.1 Å². The number of amides is 1. The molecular weight excluding hydrogens is 536 g/mol. The molecule has 0 fully saturated rings. The third-order valence-electron chi connectivity index (χ3n) is 3.32. The quantitative estimate of drug-likeness (QED) is 0.414. The maximum absolute atomic E-state index is 12.6. The minimum atomic E-state index is -0.282. The maximum Gasteiger partial charge on any atom is 0.261 e. The molecule has 3 rings (SSSR count). The number of aromatic nitrogens is 1. The van der Waals surface area contributed by atoms with Gasteiger partial charge in [0.2, 0.25) is 0 Å². The number of carbonyl (C=O) groups excluding carboxylic acids is 1. The molecule has 8 heteroatoms. The minimum Gasteiger partial charge on any atom is -0.495 e. The summed E-state index contributed by atoms with van der Waals surface area (Å²) in [5.74, 6) is 0.195. The van der Waals surface area contributed by atoms with Gasteiger partial charge in [-0.1, -0.05) is 44.0 Å². The van der Waals surface area contributed by atoms with E-state index in [2.05, 4.69) is 58.1 Å². The lowest BCUT2D eigenvalue weighted by atomic mass is 10.2. The Balaban J connectivity index is 1.84. The van der Waals surface area contributed by atoms with Crippen LogP contribution in [0.25, 0.3) is 11.3 Å². The highest BCUT2D eigenvalue weighted by Gasteiger charge is 2.18. The number of thiazole rings is 1. The molecule has 0 unspecified atom stereocenters. The van der Waals surface area contributed by atoms with Crippen LogP contribution in [0.15, 0.2) is 55.2 Å². The van der Waals surface area contributed by atoms with Crippen molar-refractivity contribution in [2.24, 2.45) is 0 Å². The van der Waals surface area contributed by atoms with E-state index < -0.39 is 0 Å². The number of ether oxygens (including phenoxy) is 1. The van der Waals surface area contributed by atoms with E-state index in [0.29, 0.717) is 20.9 Å². The second kappa shape index (κ2) is 7.99. The second-order valence-corrected chi connectivity index (χ2v) is 8.51. The van der Waals surface area contributed by atoms with Gasteiger partial charge in [-0.15, -0.1) is 11.3 Å². The lowest BCUT2D eigenvalue weighted by Crippen LogP contribution is -2.13. The molecule has 0 aliphatic rings. The molecular formula is C17H11Br3N2O2S. The molecule has 0 bridgehead atoms. The lowest BCUT2D eigenvalue weighted by molar-refractivity contribution is 0.102. The molecule has 0 radical (unpaired) electrons. The summed E-state index contributed by atoms with van der Waals surface area (Å²) >= 11 is 11.6. The van der Waals surface area contributed by atoms with Crippen LogP contribution < -0.4 is 10.1 Å². The van der Waals surface area contributed by atoms with Gasteiger partial charge in [0.1, 0.15) is 5.75 Å². The zero-order valence-corrected chi connectivity index (χ0v) is 18.4. The van der Waals surface area contributed by atoms with E-state index in [1.165, 1.54) is 18.4 Å². The van der Waals surface area contributed by atoms with Gasteiger partial charge in [-0.25, -0.2) is 4.98 Å². The molecule has 1 amide bonds. The van der Waals surface area contributed by atoms with Crippen molar-refractivity contribution in [3.63, 3.8) is 0 Å². The van der Waals surface area contributed by atoms with E-state index in [1.54, 1.807) is 6.07 Å². The first-order chi connectivity index (χ1) is 12.0. The molecule has 1 N–H and O–H groups in total. The van der Waals surface area contributed by atoms with Gasteiger partial charge in [0, 0.05) is 19.9 Å². The smallest absolute Gasteiger partial charge is 0.261 e. The van der Waals surface area contributed by atoms with Gasteiger partial charge in [0.15, 0.2) is 5.13 Å². The fourth-order valence-electron chi connectivity index (χ4n) is 2.19. The first-order valence-electron chi connectivity index (χ1n) is 7.04. The normalized spacial score (nSPS) is 10.6. The van der Waals surface area contributed by atoms with Crippen LogP contribution in [0, 0.1) is 0 Å². The predicted octanol–water partition coefficient (Wildman–Crippen LogP) is 6.36. The van der Waals surface area contributed by atoms with E-state index in [1.807, 2.05) is 35.7 Å². The number of nitrogens with one attached hydrogen (secondary N) is 1. The van der Waals surface area contributed by atoms with E-state index in [-0.39, 0.29) is 5.91 Å². The zero-order chi connectivity index (χ0) is 18.0. The number of carbonyl (C=O) groups is 1. The Bertz CT molecular complexity index is 926. The summed E-state index contributed by atoms with van der Waals surface area (Å²) < 4.78 is 7.81. The molecule has 3 aromatic rings. The summed E-state index contributed by atoms with van der Waals surface area (Å²) in [6, 6.07) is 11.4. The molecule has 0 aliphatic heterocycles. The summed E-state index contributed by atoms with van der Waals surface area (Å²) in [6.07, 6.45) is 0. The van der Waals surface area contributed by atoms with Crippen molar-refractivity contribution in [2.75, 3.05) is 12.4 Å². The Morgan fingerprint density at radius 3 is 2.52 bits per heavy atom. The molecule has 0 aliphatic carbocycles. The van der Waals surface area contributed by atoms with Gasteiger partial charge < -0.3 is 4.74 Å². The van der Waals surface area contributed by atoms with Crippen LogP contribution in [0.4, 0.5) is 5.13 Å². The number of benzene rings is 2. The van der Waals surface area contributed by atoms with Crippen LogP contribution in [0.1, 0.15) is 10.4 Å². The van der Waals surface area contributed by atoms with Crippen LogP contribution in [-0.4, -0.2) is 18.0 Å². The Morgan fingerprint density at radius 1 is 1.12 bits per heavy atom. The summed E-state index contributed by atoms with van der Waals surface area (Å²) in [5, 5.41) is 5.26. The number of rotatable bonds is 4. The third kappa shape index (κ3) is 4.31. The van der Waals surface area contributed by atoms with E-state index in [9.17, 15) is 4.79 Å². The van der Waals surface area contributed by atoms with Crippen LogP contribution in [0.5, 0.6) is 5.75 Å². The van der Waals surface area contributed by atoms with Crippen LogP contribution in [0.2, 0.25) is 0 Å². The number of hydrogen-bond donors (Lipinski definition) is 1. The SMILES string of the molecule is COc1c(Br)cc(Br)cc1C(=O)Nc1nc(-c2ccc(Br)cc2)cs1. The Morgan fingerprint density at radius 2 is 1.84 bits per heavy atom. The zero-order valence-electron chi connectivity index (χ0n) is 12.8. The summed E-state index contributed by atoms with van der Waals surface area (Å²) in [7, 11) is 1.53. The van der Waals surface area contributed by atoms with E-state index in [0.717, 1.165) is 20.2 Å². The van der Waals surface area contributed by atoms with Crippen molar-refractivity contribution >= 4 is 70.2 Å². The van der Waals surface area contributed by atoms with Crippen molar-refractivity contribution in [1.29, 1.82) is 0 Å². The highest BCUT2D eigenvalue weighted by Crippen LogP contribution is 2.33. The minimum absolute atomic E-state index is 0.282. The number of anilines is 1. The largest absolute Gasteiger partial charge is 0.495 e. The van der Waals surface area contributed by atoms with Crippen LogP contribution in [-0.2, 0) is 0 Å². The maximum atomic E-state index is 12.6. The van der Waals surface area contributed by atoms with E-state index in [4.69, 9.17) is 4.74 Å². The highest BCUT2D eigenvalue weighted by molar-refractivity contribution is 9.11. The Kier molecular flexibility index (Phi) is 5.93. The van der Waals surface area contributed by atoms with Gasteiger partial charge in [-0.05, 0) is 40.2 Å². The average molecular weight is 547 g/mol. The van der Waals surface area contributed by atoms with Crippen molar-refractivity contribution in [2.45, 2.75) is 0 Å². The average Bonchev–Trinajstić information content (AvgIpc) is 3.03. The van der Waals surface area contributed by atoms with Crippen molar-refractivity contribution in [3.8, 4) is 17.0 Å². The highest BCUT2D eigenvalue weighted by atomic mass is 79.9. The fourth-order valence-corrected chi connectivity index (χ4v) is 4.55. The summed E-state index contributed by atoms with van der Waals surface area (Å²) in [6.45, 7) is 0. The molecule has 4 nitrogen and oxygen atoms in total. The summed E-state index contributed by atoms with van der Waals surface area (Å²) in [4.78, 5) is 17.1. The van der Waals surface area contributed by atoms with Gasteiger partial charge in [0.25, 0.3) is 5.91 Å². The monoisotopic (exact) mass is 544 g/mol. The van der Waals surface area contributed by atoms with Gasteiger partial charge in [0.05, 0.1) is 22.8 Å². The molecule has 2 aromatic carbocycles. The fraction of sp³-hybridized carbons (Fsp3) is 0.0588. The Labute approximate surface area is 174 Å². The topological polar surface area (TPSA) is 51.2 Å². The summed E-state index contributed by atoms with van der Waals surface area (Å²) in [5.41, 5.74) is 2.22. The molecule has 0 saturated carbocycles. The van der Waals surface area contributed by atoms with Gasteiger partial charge >= 0.3 is 0 Å². The lowest BCUT2D eigenvalue weighted by Gasteiger charge is -2.10. The number of hydrogen-bond acceptors (Lipinski definition) is 4. The first kappa shape index (κ1) is 18.6. The second-order valence-electron chi connectivity index (χ2n) is 4.97. The van der Waals surface area contributed by atoms with Gasteiger partial charge in [-0.2, -0.15) is 0 Å². The van der Waals surface area contributed by atoms with E-state index >= 15 is 0 Å². The molecule has 25 heavy (non-hydrogen) atoms. The molecule has 1 aromatic heterocycles. The first-order valence-corrected chi connectivity index (χ1v) is 10.3. The molecule has 0 atom stereocenters. The van der Waals surface area contributed by atoms with Crippen molar-refractivity contribution in [3.05, 3.63) is 60.8 Å². The van der Waals surface area contributed by atoms with Crippen molar-refractivity contribution < 1.29 is 9.53 Å². The number of methoxy groups -OCH3 is 1. The Hall–Kier alpha value is -1.22.